The van der Waals surface area contributed by atoms with Crippen molar-refractivity contribution in [2.45, 2.75) is 18.9 Å². The topological polar surface area (TPSA) is 61.4 Å². The maximum atomic E-state index is 12.6. The number of carbonyl (C=O) groups is 1. The van der Waals surface area contributed by atoms with E-state index < -0.39 is 0 Å². The predicted octanol–water partition coefficient (Wildman–Crippen LogP) is 2.17. The van der Waals surface area contributed by atoms with Gasteiger partial charge in [-0.05, 0) is 38.4 Å². The summed E-state index contributed by atoms with van der Waals surface area (Å²) in [6.07, 6.45) is 6.88. The third-order valence-electron chi connectivity index (χ3n) is 4.70. The van der Waals surface area contributed by atoms with E-state index >= 15 is 0 Å². The van der Waals surface area contributed by atoms with E-state index in [1.165, 1.54) is 4.88 Å². The van der Waals surface area contributed by atoms with Crippen molar-refractivity contribution >= 4 is 23.1 Å². The molecule has 0 spiro atoms. The molecule has 7 heteroatoms. The molecule has 0 aromatic carbocycles. The van der Waals surface area contributed by atoms with Gasteiger partial charge in [-0.2, -0.15) is 0 Å². The number of hydrogen-bond acceptors (Lipinski definition) is 6. The van der Waals surface area contributed by atoms with E-state index in [0.717, 1.165) is 31.7 Å². The van der Waals surface area contributed by atoms with E-state index in [1.807, 2.05) is 0 Å². The summed E-state index contributed by atoms with van der Waals surface area (Å²) in [7, 11) is 4.10. The van der Waals surface area contributed by atoms with Gasteiger partial charge in [0.25, 0.3) is 0 Å². The first-order valence-electron chi connectivity index (χ1n) is 8.63. The number of anilines is 1. The third-order valence-corrected chi connectivity index (χ3v) is 5.68. The molecule has 1 amide bonds. The molecular weight excluding hydrogens is 334 g/mol. The molecule has 1 N–H and O–H groups in total. The van der Waals surface area contributed by atoms with Gasteiger partial charge in [-0.3, -0.25) is 9.78 Å². The lowest BCUT2D eigenvalue weighted by Gasteiger charge is -2.32. The average molecular weight is 359 g/mol. The maximum Gasteiger partial charge on any atom is 0.223 e. The summed E-state index contributed by atoms with van der Waals surface area (Å²) in [6, 6.07) is 4.41. The van der Waals surface area contributed by atoms with Crippen LogP contribution in [-0.4, -0.2) is 54.5 Å². The van der Waals surface area contributed by atoms with Gasteiger partial charge in [0, 0.05) is 42.8 Å². The fraction of sp³-hybridized carbons (Fsp3) is 0.500. The molecule has 0 bridgehead atoms. The van der Waals surface area contributed by atoms with E-state index in [1.54, 1.807) is 29.9 Å². The first kappa shape index (κ1) is 17.8. The molecule has 1 aliphatic heterocycles. The number of aromatic nitrogens is 2. The summed E-state index contributed by atoms with van der Waals surface area (Å²) >= 11 is 1.73. The second-order valence-corrected chi connectivity index (χ2v) is 7.54. The highest BCUT2D eigenvalue weighted by Gasteiger charge is 2.26. The zero-order valence-electron chi connectivity index (χ0n) is 14.8. The van der Waals surface area contributed by atoms with Crippen LogP contribution < -0.4 is 10.2 Å². The minimum atomic E-state index is 0.0825. The van der Waals surface area contributed by atoms with E-state index in [2.05, 4.69) is 56.7 Å². The van der Waals surface area contributed by atoms with Crippen LogP contribution in [0.15, 0.2) is 36.1 Å². The van der Waals surface area contributed by atoms with Gasteiger partial charge >= 0.3 is 0 Å². The van der Waals surface area contributed by atoms with Crippen LogP contribution in [0.5, 0.6) is 0 Å². The summed E-state index contributed by atoms with van der Waals surface area (Å²) in [4.78, 5) is 26.7. The zero-order chi connectivity index (χ0) is 17.6. The van der Waals surface area contributed by atoms with Crippen LogP contribution in [0.1, 0.15) is 23.8 Å². The Hall–Kier alpha value is -1.99. The zero-order valence-corrected chi connectivity index (χ0v) is 15.6. The van der Waals surface area contributed by atoms with Gasteiger partial charge in [-0.1, -0.05) is 6.07 Å². The number of rotatable bonds is 6. The Labute approximate surface area is 152 Å². The first-order valence-corrected chi connectivity index (χ1v) is 9.51. The number of thiophene rings is 1. The summed E-state index contributed by atoms with van der Waals surface area (Å²) < 4.78 is 0. The molecule has 1 aliphatic rings. The first-order chi connectivity index (χ1) is 12.1. The molecular formula is C18H25N5OS. The number of carbonyl (C=O) groups excluding carboxylic acids is 1. The lowest BCUT2D eigenvalue weighted by molar-refractivity contribution is -0.125. The van der Waals surface area contributed by atoms with Gasteiger partial charge in [0.1, 0.15) is 5.82 Å². The smallest absolute Gasteiger partial charge is 0.223 e. The normalized spacial score (nSPS) is 16.8. The molecule has 2 aromatic rings. The molecule has 0 aliphatic carbocycles. The quantitative estimate of drug-likeness (QED) is 0.856. The average Bonchev–Trinajstić information content (AvgIpc) is 3.16. The Kier molecular flexibility index (Phi) is 5.99. The number of nitrogens with one attached hydrogen (secondary N) is 1. The lowest BCUT2D eigenvalue weighted by atomic mass is 9.96. The van der Waals surface area contributed by atoms with Crippen LogP contribution in [0, 0.1) is 5.92 Å². The molecule has 25 heavy (non-hydrogen) atoms. The van der Waals surface area contributed by atoms with Crippen LogP contribution >= 0.6 is 11.3 Å². The van der Waals surface area contributed by atoms with Gasteiger partial charge in [0.2, 0.25) is 5.91 Å². The van der Waals surface area contributed by atoms with E-state index in [4.69, 9.17) is 0 Å². The molecule has 6 nitrogen and oxygen atoms in total. The molecule has 1 unspecified atom stereocenters. The Morgan fingerprint density at radius 1 is 1.40 bits per heavy atom. The maximum absolute atomic E-state index is 12.6. The SMILES string of the molecule is CN(C)C(CNC(=O)C1CCN(c2cnccn2)CC1)c1cccs1. The Morgan fingerprint density at radius 2 is 2.20 bits per heavy atom. The highest BCUT2D eigenvalue weighted by Crippen LogP contribution is 2.24. The second-order valence-electron chi connectivity index (χ2n) is 6.56. The Morgan fingerprint density at radius 3 is 2.80 bits per heavy atom. The summed E-state index contributed by atoms with van der Waals surface area (Å²) in [5.74, 6) is 1.15. The monoisotopic (exact) mass is 359 g/mol. The van der Waals surface area contributed by atoms with E-state index in [9.17, 15) is 4.79 Å². The van der Waals surface area contributed by atoms with Crippen LogP contribution in [0.4, 0.5) is 5.82 Å². The standard InChI is InChI=1S/C18H25N5OS/c1-22(2)15(16-4-3-11-25-16)12-21-18(24)14-5-9-23(10-6-14)17-13-19-7-8-20-17/h3-4,7-8,11,13-15H,5-6,9-10,12H2,1-2H3,(H,21,24). The fourth-order valence-electron chi connectivity index (χ4n) is 3.19. The molecule has 2 aromatic heterocycles. The van der Waals surface area contributed by atoms with Gasteiger partial charge in [0.05, 0.1) is 12.2 Å². The summed E-state index contributed by atoms with van der Waals surface area (Å²) in [6.45, 7) is 2.34. The fourth-order valence-corrected chi connectivity index (χ4v) is 4.11. The van der Waals surface area contributed by atoms with Crippen molar-refractivity contribution in [2.24, 2.45) is 5.92 Å². The molecule has 1 atom stereocenters. The van der Waals surface area contributed by atoms with Crippen LogP contribution in [0.3, 0.4) is 0 Å². The van der Waals surface area contributed by atoms with Gasteiger partial charge in [-0.15, -0.1) is 11.3 Å². The lowest BCUT2D eigenvalue weighted by Crippen LogP contribution is -2.42. The number of likely N-dealkylation sites (N-methyl/N-ethyl adjacent to an activating group) is 1. The largest absolute Gasteiger partial charge is 0.355 e. The molecule has 134 valence electrons. The molecule has 0 saturated carbocycles. The van der Waals surface area contributed by atoms with Crippen molar-refractivity contribution in [2.75, 3.05) is 38.6 Å². The summed E-state index contributed by atoms with van der Waals surface area (Å²) in [5.41, 5.74) is 0. The van der Waals surface area contributed by atoms with Crippen molar-refractivity contribution in [1.82, 2.24) is 20.2 Å². The van der Waals surface area contributed by atoms with Crippen molar-refractivity contribution in [1.29, 1.82) is 0 Å². The Balaban J connectivity index is 1.49. The number of hydrogen-bond donors (Lipinski definition) is 1. The predicted molar refractivity (Wildman–Crippen MR) is 101 cm³/mol. The Bertz CT molecular complexity index is 653. The number of nitrogens with zero attached hydrogens (tertiary/aromatic N) is 4. The number of amides is 1. The minimum absolute atomic E-state index is 0.0825. The highest BCUT2D eigenvalue weighted by molar-refractivity contribution is 7.10. The second kappa shape index (κ2) is 8.40. The van der Waals surface area contributed by atoms with Crippen molar-refractivity contribution in [3.63, 3.8) is 0 Å². The van der Waals surface area contributed by atoms with E-state index in [-0.39, 0.29) is 17.9 Å². The van der Waals surface area contributed by atoms with Gasteiger partial charge in [0.15, 0.2) is 0 Å². The molecule has 3 rings (SSSR count). The molecule has 0 radical (unpaired) electrons. The number of piperidine rings is 1. The van der Waals surface area contributed by atoms with Crippen LogP contribution in [-0.2, 0) is 4.79 Å². The molecule has 1 fully saturated rings. The molecule has 3 heterocycles. The minimum Gasteiger partial charge on any atom is -0.355 e. The van der Waals surface area contributed by atoms with Crippen molar-refractivity contribution in [3.05, 3.63) is 41.0 Å². The van der Waals surface area contributed by atoms with Crippen LogP contribution in [0.2, 0.25) is 0 Å². The van der Waals surface area contributed by atoms with Gasteiger partial charge in [-0.25, -0.2) is 4.98 Å². The van der Waals surface area contributed by atoms with Gasteiger partial charge < -0.3 is 15.1 Å². The van der Waals surface area contributed by atoms with Crippen molar-refractivity contribution < 1.29 is 4.79 Å². The summed E-state index contributed by atoms with van der Waals surface area (Å²) in [5, 5.41) is 5.24. The van der Waals surface area contributed by atoms with Crippen molar-refractivity contribution in [3.8, 4) is 0 Å². The highest BCUT2D eigenvalue weighted by atomic mass is 32.1. The van der Waals surface area contributed by atoms with E-state index in [0.29, 0.717) is 6.54 Å². The molecule has 1 saturated heterocycles. The van der Waals surface area contributed by atoms with Crippen LogP contribution in [0.25, 0.3) is 0 Å². The third kappa shape index (κ3) is 4.55.